The highest BCUT2D eigenvalue weighted by molar-refractivity contribution is 5.94. The highest BCUT2D eigenvalue weighted by Gasteiger charge is 2.25. The zero-order chi connectivity index (χ0) is 18.5. The molecule has 3 amide bonds. The Labute approximate surface area is 153 Å². The molecule has 1 N–H and O–H groups in total. The summed E-state index contributed by atoms with van der Waals surface area (Å²) in [4.78, 5) is 42.1. The molecule has 0 aromatic heterocycles. The van der Waals surface area contributed by atoms with Gasteiger partial charge < -0.3 is 15.1 Å². The largest absolute Gasteiger partial charge is 0.353 e. The molecule has 0 radical (unpaired) electrons. The first-order valence-electron chi connectivity index (χ1n) is 9.16. The summed E-state index contributed by atoms with van der Waals surface area (Å²) in [5.74, 6) is -0.0664. The van der Waals surface area contributed by atoms with E-state index < -0.39 is 0 Å². The van der Waals surface area contributed by atoms with Crippen LogP contribution in [0.4, 0.5) is 0 Å². The molecule has 1 aromatic rings. The van der Waals surface area contributed by atoms with E-state index in [0.29, 0.717) is 44.8 Å². The maximum absolute atomic E-state index is 12.7. The average Bonchev–Trinajstić information content (AvgIpc) is 2.86. The minimum atomic E-state index is -0.101. The fourth-order valence-electron chi connectivity index (χ4n) is 3.44. The summed E-state index contributed by atoms with van der Waals surface area (Å²) in [6, 6.07) is 7.65. The molecule has 0 aliphatic carbocycles. The van der Waals surface area contributed by atoms with Gasteiger partial charge in [-0.05, 0) is 25.5 Å². The molecule has 0 unspecified atom stereocenters. The number of amides is 3. The number of hydrogen-bond donors (Lipinski definition) is 1. The molecule has 2 saturated heterocycles. The van der Waals surface area contributed by atoms with Crippen molar-refractivity contribution in [3.05, 3.63) is 35.4 Å². The van der Waals surface area contributed by atoms with Gasteiger partial charge in [0.25, 0.3) is 5.91 Å². The Hall–Kier alpha value is -2.41. The first kappa shape index (κ1) is 18.4. The third-order valence-corrected chi connectivity index (χ3v) is 4.89. The van der Waals surface area contributed by atoms with Crippen LogP contribution in [-0.2, 0) is 9.59 Å². The molecule has 3 rings (SSSR count). The quantitative estimate of drug-likeness (QED) is 0.832. The van der Waals surface area contributed by atoms with Gasteiger partial charge in [0.15, 0.2) is 0 Å². The second-order valence-corrected chi connectivity index (χ2v) is 6.96. The number of piperazine rings is 1. The summed E-state index contributed by atoms with van der Waals surface area (Å²) in [6.45, 7) is 6.27. The number of hydrogen-bond acceptors (Lipinski definition) is 4. The number of carbonyl (C=O) groups excluding carboxylic acids is 3. The molecule has 0 atom stereocenters. The van der Waals surface area contributed by atoms with Gasteiger partial charge in [0.1, 0.15) is 0 Å². The molecular weight excluding hydrogens is 332 g/mol. The third kappa shape index (κ3) is 4.60. The fourth-order valence-corrected chi connectivity index (χ4v) is 3.44. The first-order chi connectivity index (χ1) is 12.5. The molecule has 7 nitrogen and oxygen atoms in total. The topological polar surface area (TPSA) is 73.0 Å². The molecule has 140 valence electrons. The van der Waals surface area contributed by atoms with Crippen molar-refractivity contribution in [1.29, 1.82) is 0 Å². The van der Waals surface area contributed by atoms with Crippen molar-refractivity contribution in [2.75, 3.05) is 52.4 Å². The number of nitrogens with one attached hydrogen (secondary N) is 1. The molecule has 0 saturated carbocycles. The van der Waals surface area contributed by atoms with Crippen LogP contribution in [0.3, 0.4) is 0 Å². The van der Waals surface area contributed by atoms with E-state index in [1.165, 1.54) is 0 Å². The number of rotatable bonds is 3. The van der Waals surface area contributed by atoms with E-state index in [4.69, 9.17) is 0 Å². The second kappa shape index (κ2) is 8.31. The van der Waals surface area contributed by atoms with Gasteiger partial charge >= 0.3 is 0 Å². The van der Waals surface area contributed by atoms with Crippen molar-refractivity contribution in [2.24, 2.45) is 0 Å². The minimum absolute atomic E-state index is 0.0155. The van der Waals surface area contributed by atoms with E-state index in [2.05, 4.69) is 10.2 Å². The van der Waals surface area contributed by atoms with Gasteiger partial charge in [-0.25, -0.2) is 0 Å². The summed E-state index contributed by atoms with van der Waals surface area (Å²) < 4.78 is 0. The van der Waals surface area contributed by atoms with Gasteiger partial charge in [-0.2, -0.15) is 0 Å². The molecule has 2 heterocycles. The molecule has 0 spiro atoms. The SMILES string of the molecule is Cc1cccc(C(=O)N2CCCN(CC(=O)N3CCNC(=O)C3)CC2)c1. The van der Waals surface area contributed by atoms with Crippen molar-refractivity contribution in [1.82, 2.24) is 20.0 Å². The van der Waals surface area contributed by atoms with Crippen LogP contribution < -0.4 is 5.32 Å². The number of aryl methyl sites for hydroxylation is 1. The molecule has 7 heteroatoms. The van der Waals surface area contributed by atoms with Crippen molar-refractivity contribution >= 4 is 17.7 Å². The fraction of sp³-hybridized carbons (Fsp3) is 0.526. The highest BCUT2D eigenvalue weighted by atomic mass is 16.2. The van der Waals surface area contributed by atoms with Crippen LogP contribution in [0.1, 0.15) is 22.3 Å². The van der Waals surface area contributed by atoms with Crippen LogP contribution in [0.5, 0.6) is 0 Å². The van der Waals surface area contributed by atoms with E-state index in [0.717, 1.165) is 18.5 Å². The monoisotopic (exact) mass is 358 g/mol. The van der Waals surface area contributed by atoms with Crippen molar-refractivity contribution in [3.63, 3.8) is 0 Å². The van der Waals surface area contributed by atoms with E-state index in [-0.39, 0.29) is 24.3 Å². The lowest BCUT2D eigenvalue weighted by molar-refractivity contribution is -0.139. The number of benzene rings is 1. The molecular formula is C19H26N4O3. The number of nitrogens with zero attached hydrogens (tertiary/aromatic N) is 3. The van der Waals surface area contributed by atoms with E-state index in [1.807, 2.05) is 36.1 Å². The molecule has 2 fully saturated rings. The molecule has 0 bridgehead atoms. The Morgan fingerprint density at radius 1 is 1.08 bits per heavy atom. The van der Waals surface area contributed by atoms with Gasteiger partial charge in [-0.3, -0.25) is 19.3 Å². The summed E-state index contributed by atoms with van der Waals surface area (Å²) in [5, 5.41) is 2.73. The van der Waals surface area contributed by atoms with Crippen LogP contribution in [0, 0.1) is 6.92 Å². The van der Waals surface area contributed by atoms with Crippen LogP contribution in [0.25, 0.3) is 0 Å². The molecule has 1 aromatic carbocycles. The Morgan fingerprint density at radius 2 is 1.92 bits per heavy atom. The van der Waals surface area contributed by atoms with Gasteiger partial charge in [-0.1, -0.05) is 17.7 Å². The second-order valence-electron chi connectivity index (χ2n) is 6.96. The van der Waals surface area contributed by atoms with E-state index in [1.54, 1.807) is 4.90 Å². The summed E-state index contributed by atoms with van der Waals surface area (Å²) in [7, 11) is 0. The molecule has 2 aliphatic heterocycles. The maximum Gasteiger partial charge on any atom is 0.253 e. The van der Waals surface area contributed by atoms with Crippen LogP contribution in [0.2, 0.25) is 0 Å². The summed E-state index contributed by atoms with van der Waals surface area (Å²) in [6.07, 6.45) is 0.839. The Morgan fingerprint density at radius 3 is 2.69 bits per heavy atom. The van der Waals surface area contributed by atoms with Gasteiger partial charge in [0.05, 0.1) is 13.1 Å². The highest BCUT2D eigenvalue weighted by Crippen LogP contribution is 2.11. The molecule has 2 aliphatic rings. The van der Waals surface area contributed by atoms with Crippen LogP contribution >= 0.6 is 0 Å². The normalized spacial score (nSPS) is 19.0. The van der Waals surface area contributed by atoms with Gasteiger partial charge in [-0.15, -0.1) is 0 Å². The third-order valence-electron chi connectivity index (χ3n) is 4.89. The lowest BCUT2D eigenvalue weighted by Crippen LogP contribution is -2.52. The van der Waals surface area contributed by atoms with Crippen molar-refractivity contribution in [3.8, 4) is 0 Å². The minimum Gasteiger partial charge on any atom is -0.353 e. The summed E-state index contributed by atoms with van der Waals surface area (Å²) >= 11 is 0. The first-order valence-corrected chi connectivity index (χ1v) is 9.16. The Bertz CT molecular complexity index is 691. The van der Waals surface area contributed by atoms with Gasteiger partial charge in [0.2, 0.25) is 11.8 Å². The standard InChI is InChI=1S/C19H26N4O3/c1-15-4-2-5-16(12-15)19(26)22-8-3-7-21(10-11-22)14-18(25)23-9-6-20-17(24)13-23/h2,4-5,12H,3,6-11,13-14H2,1H3,(H,20,24). The van der Waals surface area contributed by atoms with Crippen molar-refractivity contribution in [2.45, 2.75) is 13.3 Å². The zero-order valence-electron chi connectivity index (χ0n) is 15.2. The van der Waals surface area contributed by atoms with E-state index >= 15 is 0 Å². The number of carbonyl (C=O) groups is 3. The zero-order valence-corrected chi connectivity index (χ0v) is 15.2. The lowest BCUT2D eigenvalue weighted by Gasteiger charge is -2.29. The summed E-state index contributed by atoms with van der Waals surface area (Å²) in [5.41, 5.74) is 1.79. The van der Waals surface area contributed by atoms with E-state index in [9.17, 15) is 14.4 Å². The van der Waals surface area contributed by atoms with Crippen LogP contribution in [0.15, 0.2) is 24.3 Å². The van der Waals surface area contributed by atoms with Crippen molar-refractivity contribution < 1.29 is 14.4 Å². The smallest absolute Gasteiger partial charge is 0.253 e. The average molecular weight is 358 g/mol. The lowest BCUT2D eigenvalue weighted by atomic mass is 10.1. The molecule has 26 heavy (non-hydrogen) atoms. The Balaban J connectivity index is 1.54. The maximum atomic E-state index is 12.7. The van der Waals surface area contributed by atoms with Gasteiger partial charge in [0, 0.05) is 44.8 Å². The van der Waals surface area contributed by atoms with Crippen LogP contribution in [-0.4, -0.2) is 84.8 Å². The Kier molecular flexibility index (Phi) is 5.88. The predicted octanol–water partition coefficient (Wildman–Crippen LogP) is 0.101. The predicted molar refractivity (Wildman–Crippen MR) is 97.7 cm³/mol.